The highest BCUT2D eigenvalue weighted by Gasteiger charge is 1.61. The predicted octanol–water partition coefficient (Wildman–Crippen LogP) is -1.04. The first kappa shape index (κ1) is 5.47. The minimum atomic E-state index is -2.30. The second kappa shape index (κ2) is 2.69. The quantitative estimate of drug-likeness (QED) is 0.262. The zero-order valence-electron chi connectivity index (χ0n) is 2.80. The van der Waals surface area contributed by atoms with Gasteiger partial charge in [-0.2, -0.15) is 0 Å². The zero-order chi connectivity index (χ0) is 4.99. The van der Waals surface area contributed by atoms with Crippen LogP contribution in [-0.2, 0) is 11.3 Å². The molecule has 0 fully saturated rings. The molecule has 1 N–H and O–H groups in total. The van der Waals surface area contributed by atoms with Crippen molar-refractivity contribution in [3.63, 3.8) is 0 Å². The van der Waals surface area contributed by atoms with Gasteiger partial charge in [-0.25, -0.2) is 0 Å². The molecule has 3 nitrogen and oxygen atoms in total. The summed E-state index contributed by atoms with van der Waals surface area (Å²) in [7, 11) is 0. The first-order valence-electron chi connectivity index (χ1n) is 1.08. The van der Waals surface area contributed by atoms with Gasteiger partial charge in [-0.1, -0.05) is 6.42 Å². The molecule has 0 heterocycles. The maximum absolute atomic E-state index is 9.35. The van der Waals surface area contributed by atoms with E-state index in [2.05, 4.69) is 6.42 Å². The van der Waals surface area contributed by atoms with E-state index in [1.165, 1.54) is 0 Å². The Bertz CT molecular complexity index is 94.2. The fraction of sp³-hybridized carbons (Fsp3) is 0. The number of hydrogen-bond acceptors (Lipinski definition) is 2. The smallest absolute Gasteiger partial charge is 0.0522 e. The largest absolute Gasteiger partial charge is 0.755 e. The summed E-state index contributed by atoms with van der Waals surface area (Å²) in [6.45, 7) is 0. The molecule has 0 aliphatic rings. The molecule has 0 aliphatic carbocycles. The summed E-state index contributed by atoms with van der Waals surface area (Å²) >= 11 is -2.30. The van der Waals surface area contributed by atoms with E-state index < -0.39 is 11.3 Å². The van der Waals surface area contributed by atoms with Crippen molar-refractivity contribution < 1.29 is 8.76 Å². The Balaban J connectivity index is 3.13. The molecule has 34 valence electrons. The van der Waals surface area contributed by atoms with E-state index in [0.717, 1.165) is 0 Å². The van der Waals surface area contributed by atoms with Gasteiger partial charge in [-0.15, -0.1) is 0 Å². The molecule has 0 rings (SSSR count). The van der Waals surface area contributed by atoms with Crippen LogP contribution in [0.2, 0.25) is 0 Å². The molecule has 0 spiro atoms. The monoisotopic (exact) mass is 104 g/mol. The summed E-state index contributed by atoms with van der Waals surface area (Å²) in [4.78, 5) is 0. The second-order valence-corrected chi connectivity index (χ2v) is 1.15. The lowest BCUT2D eigenvalue weighted by atomic mass is 11.2. The molecule has 0 aromatic heterocycles. The van der Waals surface area contributed by atoms with E-state index in [1.54, 1.807) is 10.8 Å². The zero-order valence-corrected chi connectivity index (χ0v) is 3.62. The Morgan fingerprint density at radius 1 is 2.00 bits per heavy atom. The number of hydrogen-bond donors (Lipinski definition) is 1. The van der Waals surface area contributed by atoms with Crippen LogP contribution in [0, 0.1) is 12.5 Å². The maximum atomic E-state index is 9.35. The minimum Gasteiger partial charge on any atom is -0.755 e. The number of rotatable bonds is 1. The van der Waals surface area contributed by atoms with Crippen molar-refractivity contribution >= 4 is 11.3 Å². The van der Waals surface area contributed by atoms with Crippen LogP contribution in [0.3, 0.4) is 0 Å². The summed E-state index contributed by atoms with van der Waals surface area (Å²) in [5, 5.41) is 0. The molecule has 0 aromatic carbocycles. The average molecular weight is 104 g/mol. The van der Waals surface area contributed by atoms with Gasteiger partial charge in [-0.3, -0.25) is 8.93 Å². The van der Waals surface area contributed by atoms with Crippen LogP contribution in [0.4, 0.5) is 0 Å². The summed E-state index contributed by atoms with van der Waals surface area (Å²) < 4.78 is 20.3. The van der Waals surface area contributed by atoms with Crippen LogP contribution >= 0.6 is 0 Å². The highest BCUT2D eigenvalue weighted by molar-refractivity contribution is 7.77. The SMILES string of the molecule is C#CNS(=O)[O-]. The van der Waals surface area contributed by atoms with Gasteiger partial charge in [0.05, 0.1) is 11.3 Å². The first-order chi connectivity index (χ1) is 2.77. The fourth-order valence-electron chi connectivity index (χ4n) is 0.0481. The van der Waals surface area contributed by atoms with Crippen LogP contribution < -0.4 is 4.72 Å². The van der Waals surface area contributed by atoms with Gasteiger partial charge in [0.15, 0.2) is 0 Å². The fourth-order valence-corrected chi connectivity index (χ4v) is 0.144. The molecule has 1 atom stereocenters. The maximum Gasteiger partial charge on any atom is 0.0522 e. The Morgan fingerprint density at radius 2 is 2.50 bits per heavy atom. The Hall–Kier alpha value is -0.530. The Morgan fingerprint density at radius 3 is 2.50 bits per heavy atom. The molecule has 0 aromatic rings. The van der Waals surface area contributed by atoms with Crippen molar-refractivity contribution in [3.8, 4) is 12.5 Å². The van der Waals surface area contributed by atoms with Crippen molar-refractivity contribution in [1.82, 2.24) is 4.72 Å². The molecular weight excluding hydrogens is 102 g/mol. The topological polar surface area (TPSA) is 52.2 Å². The van der Waals surface area contributed by atoms with E-state index >= 15 is 0 Å². The lowest BCUT2D eigenvalue weighted by molar-refractivity contribution is 0.532. The summed E-state index contributed by atoms with van der Waals surface area (Å²) in [5.41, 5.74) is 0. The molecule has 4 heteroatoms. The predicted molar refractivity (Wildman–Crippen MR) is 20.9 cm³/mol. The van der Waals surface area contributed by atoms with Gasteiger partial charge in [0, 0.05) is 6.04 Å². The lowest BCUT2D eigenvalue weighted by Gasteiger charge is -1.96. The molecule has 1 unspecified atom stereocenters. The third kappa shape index (κ3) is 3.47. The van der Waals surface area contributed by atoms with Crippen molar-refractivity contribution in [2.45, 2.75) is 0 Å². The molecule has 0 aliphatic heterocycles. The van der Waals surface area contributed by atoms with Gasteiger partial charge >= 0.3 is 0 Å². The first-order valence-corrected chi connectivity index (χ1v) is 2.15. The van der Waals surface area contributed by atoms with Gasteiger partial charge in [0.1, 0.15) is 0 Å². The van der Waals surface area contributed by atoms with Crippen LogP contribution in [0.15, 0.2) is 0 Å². The molecule has 0 bridgehead atoms. The Kier molecular flexibility index (Phi) is 2.46. The van der Waals surface area contributed by atoms with Crippen molar-refractivity contribution in [3.05, 3.63) is 0 Å². The third-order valence-corrected chi connectivity index (χ3v) is 0.427. The molecule has 6 heavy (non-hydrogen) atoms. The molecule has 0 saturated carbocycles. The van der Waals surface area contributed by atoms with Gasteiger partial charge in [0.25, 0.3) is 0 Å². The summed E-state index contributed by atoms with van der Waals surface area (Å²) in [6, 6.07) is 1.70. The standard InChI is InChI=1S/C2H3NO2S/c1-2-3-6(4)5/h1,3H,(H,4,5)/p-1. The third-order valence-electron chi connectivity index (χ3n) is 0.142. The second-order valence-electron chi connectivity index (χ2n) is 0.481. The normalized spacial score (nSPS) is 12.0. The van der Waals surface area contributed by atoms with Crippen LogP contribution in [-0.4, -0.2) is 8.76 Å². The van der Waals surface area contributed by atoms with Crippen molar-refractivity contribution in [2.75, 3.05) is 0 Å². The average Bonchev–Trinajstić information content (AvgIpc) is 1.35. The van der Waals surface area contributed by atoms with Crippen molar-refractivity contribution in [2.24, 2.45) is 0 Å². The minimum absolute atomic E-state index is 1.65. The van der Waals surface area contributed by atoms with Crippen molar-refractivity contribution in [1.29, 1.82) is 0 Å². The van der Waals surface area contributed by atoms with E-state index in [1.807, 2.05) is 0 Å². The van der Waals surface area contributed by atoms with Gasteiger partial charge < -0.3 is 4.55 Å². The highest BCUT2D eigenvalue weighted by Crippen LogP contribution is 1.51. The van der Waals surface area contributed by atoms with E-state index in [4.69, 9.17) is 0 Å². The molecule has 0 radical (unpaired) electrons. The van der Waals surface area contributed by atoms with Gasteiger partial charge in [0.2, 0.25) is 0 Å². The summed E-state index contributed by atoms with van der Waals surface area (Å²) in [5.74, 6) is 0. The van der Waals surface area contributed by atoms with E-state index in [9.17, 15) is 8.76 Å². The number of terminal acetylenes is 1. The van der Waals surface area contributed by atoms with E-state index in [0.29, 0.717) is 0 Å². The lowest BCUT2D eigenvalue weighted by Crippen LogP contribution is -2.07. The highest BCUT2D eigenvalue weighted by atomic mass is 32.2. The molecule has 0 amide bonds. The van der Waals surface area contributed by atoms with Crippen LogP contribution in [0.1, 0.15) is 0 Å². The van der Waals surface area contributed by atoms with Crippen LogP contribution in [0.25, 0.3) is 0 Å². The number of nitrogens with one attached hydrogen (secondary N) is 1. The summed E-state index contributed by atoms with van der Waals surface area (Å²) in [6.07, 6.45) is 4.48. The van der Waals surface area contributed by atoms with Gasteiger partial charge in [-0.05, 0) is 0 Å². The van der Waals surface area contributed by atoms with Crippen LogP contribution in [0.5, 0.6) is 0 Å². The Labute approximate surface area is 38.2 Å². The molecule has 0 saturated heterocycles. The molecular formula is C2H2NO2S-. The van der Waals surface area contributed by atoms with E-state index in [-0.39, 0.29) is 0 Å².